The summed E-state index contributed by atoms with van der Waals surface area (Å²) in [4.78, 5) is 253. The summed E-state index contributed by atoms with van der Waals surface area (Å²) in [6, 6.07) is -3.34. The molecule has 17 unspecified atom stereocenters. The van der Waals surface area contributed by atoms with Crippen molar-refractivity contribution in [1.29, 1.82) is 0 Å². The number of carbonyl (C=O) groups excluding carboxylic acids is 19. The number of nitrogens with two attached hydrogens (primary N) is 1. The number of nitrogens with one attached hydrogen (secondary N) is 3. The van der Waals surface area contributed by atoms with Gasteiger partial charge in [-0.1, -0.05) is 75.7 Å². The number of esters is 14. The average Bonchev–Trinajstić information content (AvgIpc) is 1.55. The summed E-state index contributed by atoms with van der Waals surface area (Å²) in [6.07, 6.45) is -16.8. The molecule has 0 bridgehead atoms. The van der Waals surface area contributed by atoms with Gasteiger partial charge in [-0.05, 0) is 57.8 Å². The summed E-state index contributed by atoms with van der Waals surface area (Å²) < 4.78 is 81.7. The van der Waals surface area contributed by atoms with Crippen molar-refractivity contribution in [3.8, 4) is 0 Å². The molecule has 744 valence electrons. The molecule has 1 aliphatic rings. The Balaban J connectivity index is -0.00000274. The monoisotopic (exact) mass is 1870 g/mol. The number of hydroxylamine groups is 1. The minimum Gasteiger partial charge on any atom is -0.481 e. The third-order valence-corrected chi connectivity index (χ3v) is 18.7. The van der Waals surface area contributed by atoms with Crippen LogP contribution in [-0.4, -0.2) is 320 Å². The van der Waals surface area contributed by atoms with Gasteiger partial charge in [-0.15, -0.1) is 0 Å². The van der Waals surface area contributed by atoms with E-state index < -0.39 is 262 Å². The first-order valence-corrected chi connectivity index (χ1v) is 41.7. The zero-order valence-corrected chi connectivity index (χ0v) is 79.6. The highest BCUT2D eigenvalue weighted by Crippen LogP contribution is 2.36. The molecule has 1 amide bonds. The maximum Gasteiger partial charge on any atom is 0.373 e. The molecule has 1 fully saturated rings. The number of unbranched alkanes of at least 4 members (excludes halogenated alkanes) is 1. The Labute approximate surface area is 757 Å². The predicted molar refractivity (Wildman–Crippen MR) is 445 cm³/mol. The van der Waals surface area contributed by atoms with Gasteiger partial charge in [-0.2, -0.15) is 19.2 Å². The molecule has 1 saturated heterocycles. The van der Waals surface area contributed by atoms with Gasteiger partial charge in [-0.25, -0.2) is 5.48 Å². The van der Waals surface area contributed by atoms with Crippen molar-refractivity contribution in [2.24, 2.45) is 33.8 Å². The molecule has 0 aromatic heterocycles. The number of amides is 1. The van der Waals surface area contributed by atoms with Gasteiger partial charge in [0, 0.05) is 171 Å². The number of aliphatic carboxylic acids is 2. The van der Waals surface area contributed by atoms with Crippen molar-refractivity contribution < 1.29 is 187 Å². The first-order valence-electron chi connectivity index (χ1n) is 41.7. The molecule has 0 saturated carbocycles. The van der Waals surface area contributed by atoms with Crippen LogP contribution in [0.1, 0.15) is 219 Å². The second-order valence-electron chi connectivity index (χ2n) is 34.5. The molecule has 46 nitrogen and oxygen atoms in total. The summed E-state index contributed by atoms with van der Waals surface area (Å²) in [5.74, 6) is -18.1. The third kappa shape index (κ3) is 52.3. The first-order chi connectivity index (χ1) is 59.9. The normalized spacial score (nSPS) is 17.3. The number of rotatable bonds is 51. The van der Waals surface area contributed by atoms with Gasteiger partial charge < -0.3 is 97.5 Å². The van der Waals surface area contributed by atoms with E-state index in [0.29, 0.717) is 32.6 Å². The minimum absolute atomic E-state index is 0.0921. The van der Waals surface area contributed by atoms with Gasteiger partial charge in [0.1, 0.15) is 55.9 Å². The van der Waals surface area contributed by atoms with Crippen molar-refractivity contribution >= 4 is 114 Å². The number of hydrogen-bond donors (Lipinski definition) is 7. The van der Waals surface area contributed by atoms with E-state index in [1.165, 1.54) is 20.8 Å². The molecular formula is C84H139N7O39. The molecule has 17 atom stereocenters. The van der Waals surface area contributed by atoms with Crippen molar-refractivity contribution in [3.63, 3.8) is 0 Å². The van der Waals surface area contributed by atoms with Crippen LogP contribution < -0.4 is 21.8 Å². The van der Waals surface area contributed by atoms with E-state index >= 15 is 0 Å². The average molecular weight is 1870 g/mol. The van der Waals surface area contributed by atoms with E-state index in [2.05, 4.69) is 69.5 Å². The van der Waals surface area contributed by atoms with Crippen molar-refractivity contribution in [2.75, 3.05) is 85.5 Å². The van der Waals surface area contributed by atoms with Crippen LogP contribution in [0.15, 0.2) is 0 Å². The minimum atomic E-state index is -2.17. The largest absolute Gasteiger partial charge is 0.481 e. The van der Waals surface area contributed by atoms with Crippen LogP contribution in [0.5, 0.6) is 0 Å². The molecule has 0 radical (unpaired) electrons. The molecule has 46 heteroatoms. The zero-order valence-electron chi connectivity index (χ0n) is 79.6. The number of ether oxygens (including phenoxy) is 15. The molecule has 0 aromatic carbocycles. The van der Waals surface area contributed by atoms with Gasteiger partial charge in [0.25, 0.3) is 5.91 Å². The molecule has 8 N–H and O–H groups in total. The summed E-state index contributed by atoms with van der Waals surface area (Å²) in [5, 5.41) is 36.0. The maximum atomic E-state index is 14.6. The molecule has 0 aromatic rings. The van der Waals surface area contributed by atoms with Gasteiger partial charge in [0.2, 0.25) is 18.5 Å². The number of carboxylic acid groups (broad SMARTS) is 2. The van der Waals surface area contributed by atoms with E-state index in [1.807, 2.05) is 16.7 Å². The lowest BCUT2D eigenvalue weighted by molar-refractivity contribution is -0.242. The lowest BCUT2D eigenvalue weighted by atomic mass is 9.75. The highest BCUT2D eigenvalue weighted by molar-refractivity contribution is 5.85. The molecule has 1 aliphatic heterocycles. The fourth-order valence-corrected chi connectivity index (χ4v) is 13.7. The number of carbonyl (C=O) groups is 17. The summed E-state index contributed by atoms with van der Waals surface area (Å²) in [7, 11) is 0. The van der Waals surface area contributed by atoms with Crippen molar-refractivity contribution in [2.45, 2.75) is 309 Å². The maximum absolute atomic E-state index is 14.6. The van der Waals surface area contributed by atoms with Gasteiger partial charge >= 0.3 is 108 Å². The fraction of sp³-hybridized carbons (Fsp3) is 0.774. The van der Waals surface area contributed by atoms with Crippen LogP contribution in [0, 0.1) is 28.1 Å². The van der Waals surface area contributed by atoms with E-state index in [9.17, 15) is 96.9 Å². The van der Waals surface area contributed by atoms with E-state index in [-0.39, 0.29) is 55.7 Å². The van der Waals surface area contributed by atoms with Crippen LogP contribution in [-0.2, 0) is 172 Å². The Morgan fingerprint density at radius 1 is 0.485 bits per heavy atom. The summed E-state index contributed by atoms with van der Waals surface area (Å²) in [5.41, 5.74) is 5.36. The Bertz CT molecular complexity index is 3710. The fourth-order valence-electron chi connectivity index (χ4n) is 13.7. The molecule has 130 heavy (non-hydrogen) atoms. The molecule has 1 rings (SSSR count). The quantitative estimate of drug-likeness (QED) is 0.0151. The molecule has 0 aliphatic carbocycles. The van der Waals surface area contributed by atoms with Gasteiger partial charge in [-0.3, -0.25) is 102 Å². The highest BCUT2D eigenvalue weighted by Gasteiger charge is 2.51. The zero-order chi connectivity index (χ0) is 101. The Morgan fingerprint density at radius 3 is 1.25 bits per heavy atom. The van der Waals surface area contributed by atoms with Crippen LogP contribution in [0.25, 0.3) is 0 Å². The van der Waals surface area contributed by atoms with Crippen molar-refractivity contribution in [1.82, 2.24) is 30.8 Å². The lowest BCUT2D eigenvalue weighted by Gasteiger charge is -2.49. The standard InChI is InChI=1S/C50H80N4O27.C32H59N3O8.2CO2/c1-16-39(72-28(6)57)43(76-32(10)61)45(78-34(12)63)46(79-35(13)64)48(67)53-22-50(20-51,17-38(54-68)24(2)42(75-31(9)60)25(3)40(73-29(7)58)18-69-26(4)55)21-52-23-71-49(81-37(15)66)47(80-36(14)65)44(77-33(11)62)41(74-30(8)59)19-70-27(5)56;1-12-13-16-42-27(40)23(17-25(36)37)33-14-15-34(24(18-26(38)39)28(41)43-31(8,9)10)22-32(11,21-33)35(19-29(2,3)4)20-30(5,6)7;2*2-1-3/h24-25,38-47,49,52,54,68H,16-23,51H2,1-15H3,(H,53,67);23-24H,12-22H2,1-11H3,(H,36,37)(H,38,39);;. The van der Waals surface area contributed by atoms with Crippen LogP contribution >= 0.6 is 0 Å². The van der Waals surface area contributed by atoms with E-state index in [0.717, 1.165) is 89.5 Å². The highest BCUT2D eigenvalue weighted by atomic mass is 16.7. The second-order valence-corrected chi connectivity index (χ2v) is 34.5. The van der Waals surface area contributed by atoms with E-state index in [4.69, 9.17) is 96.0 Å². The molecular weight excluding hydrogens is 1730 g/mol. The topological polar surface area (TPSA) is 629 Å². The first kappa shape index (κ1) is 124. The SMILES string of the molecule is CCC(OC(C)=O)C(OC(C)=O)C(OC(C)=O)C(OC(C)=O)C(=O)NCC(CN)(CNCOC(OC(C)=O)C(OC(C)=O)C(OC(C)=O)C(COC(C)=O)OC(C)=O)CC(NO)C(C)C(OC(C)=O)C(C)C(COC(C)=O)OC(C)=O.CCCCOC(=O)C(CC(=O)O)N1CCN(C(CC(=O)O)C(=O)OC(C)(C)C)CC(C)(N(CC(C)(C)C)CC(C)(C)C)C1.O=C=O.O=C=O. The summed E-state index contributed by atoms with van der Waals surface area (Å²) >= 11 is 0. The van der Waals surface area contributed by atoms with Crippen LogP contribution in [0.3, 0.4) is 0 Å². The van der Waals surface area contributed by atoms with Crippen LogP contribution in [0.4, 0.5) is 0 Å². The second kappa shape index (κ2) is 61.1. The Hall–Kier alpha value is -10.6. The smallest absolute Gasteiger partial charge is 0.373 e. The molecule has 0 spiro atoms. The van der Waals surface area contributed by atoms with Gasteiger partial charge in [0.05, 0.1) is 19.4 Å². The van der Waals surface area contributed by atoms with E-state index in [1.54, 1.807) is 20.8 Å². The third-order valence-electron chi connectivity index (χ3n) is 18.7. The lowest BCUT2D eigenvalue weighted by Crippen LogP contribution is -2.63. The number of nitrogens with zero attached hydrogens (tertiary/aromatic N) is 3. The number of carboxylic acids is 2. The summed E-state index contributed by atoms with van der Waals surface area (Å²) in [6.45, 7) is 37.7. The number of hydrogen-bond acceptors (Lipinski definition) is 43. The van der Waals surface area contributed by atoms with Gasteiger partial charge in [0.15, 0.2) is 24.4 Å². The predicted octanol–water partition coefficient (Wildman–Crippen LogP) is 2.39. The van der Waals surface area contributed by atoms with Crippen molar-refractivity contribution in [3.05, 3.63) is 0 Å². The Morgan fingerprint density at radius 2 is 0.869 bits per heavy atom. The molecule has 1 heterocycles. The Kier molecular flexibility index (Phi) is 58.1. The van der Waals surface area contributed by atoms with Crippen LogP contribution in [0.2, 0.25) is 0 Å².